The molecule has 0 saturated heterocycles. The second-order valence-corrected chi connectivity index (χ2v) is 6.47. The Morgan fingerprint density at radius 3 is 2.38 bits per heavy atom. The van der Waals surface area contributed by atoms with Crippen molar-refractivity contribution in [2.45, 2.75) is 38.8 Å². The van der Waals surface area contributed by atoms with Crippen molar-refractivity contribution in [1.82, 2.24) is 14.5 Å². The molecule has 0 fully saturated rings. The summed E-state index contributed by atoms with van der Waals surface area (Å²) >= 11 is 0. The van der Waals surface area contributed by atoms with Gasteiger partial charge in [0, 0.05) is 13.1 Å². The lowest BCUT2D eigenvalue weighted by Crippen LogP contribution is -2.24. The molecule has 1 aromatic carbocycles. The van der Waals surface area contributed by atoms with Crippen molar-refractivity contribution < 1.29 is 12.8 Å². The molecule has 0 aliphatic rings. The van der Waals surface area contributed by atoms with Crippen molar-refractivity contribution in [2.75, 3.05) is 0 Å². The number of aryl methyl sites for hydroxylation is 2. The van der Waals surface area contributed by atoms with Gasteiger partial charge in [-0.15, -0.1) is 0 Å². The highest BCUT2D eigenvalue weighted by molar-refractivity contribution is 7.89. The average molecular weight is 311 g/mol. The summed E-state index contributed by atoms with van der Waals surface area (Å²) in [5.41, 5.74) is 1.78. The SMILES string of the molecule is CCn1nc(C)c(S(=O)(=O)NCc2ccc(F)cc2)c1C. The predicted octanol–water partition coefficient (Wildman–Crippen LogP) is 2.14. The number of nitrogens with one attached hydrogen (secondary N) is 1. The van der Waals surface area contributed by atoms with Gasteiger partial charge in [0.2, 0.25) is 10.0 Å². The van der Waals surface area contributed by atoms with Crippen LogP contribution in [0.2, 0.25) is 0 Å². The molecule has 1 N–H and O–H groups in total. The van der Waals surface area contributed by atoms with Gasteiger partial charge >= 0.3 is 0 Å². The van der Waals surface area contributed by atoms with Gasteiger partial charge in [-0.3, -0.25) is 4.68 Å². The van der Waals surface area contributed by atoms with E-state index in [1.807, 2.05) is 6.92 Å². The number of nitrogens with zero attached hydrogens (tertiary/aromatic N) is 2. The highest BCUT2D eigenvalue weighted by atomic mass is 32.2. The first-order valence-corrected chi connectivity index (χ1v) is 8.11. The maximum atomic E-state index is 12.8. The van der Waals surface area contributed by atoms with Crippen molar-refractivity contribution in [2.24, 2.45) is 0 Å². The summed E-state index contributed by atoms with van der Waals surface area (Å²) in [6, 6.07) is 5.70. The third-order valence-electron chi connectivity index (χ3n) is 3.26. The fourth-order valence-electron chi connectivity index (χ4n) is 2.23. The Bertz CT molecular complexity index is 736. The lowest BCUT2D eigenvalue weighted by atomic mass is 10.2. The van der Waals surface area contributed by atoms with Gasteiger partial charge in [-0.2, -0.15) is 5.10 Å². The van der Waals surface area contributed by atoms with E-state index in [4.69, 9.17) is 0 Å². The summed E-state index contributed by atoms with van der Waals surface area (Å²) in [5, 5.41) is 4.21. The van der Waals surface area contributed by atoms with Gasteiger partial charge in [-0.1, -0.05) is 12.1 Å². The van der Waals surface area contributed by atoms with E-state index in [-0.39, 0.29) is 17.3 Å². The summed E-state index contributed by atoms with van der Waals surface area (Å²) in [7, 11) is -3.65. The standard InChI is InChI=1S/C14H18FN3O2S/c1-4-18-11(3)14(10(2)17-18)21(19,20)16-9-12-5-7-13(15)8-6-12/h5-8,16H,4,9H2,1-3H3. The Morgan fingerprint density at radius 1 is 1.24 bits per heavy atom. The van der Waals surface area contributed by atoms with E-state index in [2.05, 4.69) is 9.82 Å². The van der Waals surface area contributed by atoms with E-state index in [0.29, 0.717) is 23.5 Å². The zero-order valence-electron chi connectivity index (χ0n) is 12.2. The van der Waals surface area contributed by atoms with Crippen LogP contribution in [-0.2, 0) is 23.1 Å². The number of rotatable bonds is 5. The Morgan fingerprint density at radius 2 is 1.86 bits per heavy atom. The van der Waals surface area contributed by atoms with E-state index < -0.39 is 10.0 Å². The first kappa shape index (κ1) is 15.7. The van der Waals surface area contributed by atoms with Gasteiger partial charge in [0.25, 0.3) is 0 Å². The van der Waals surface area contributed by atoms with Gasteiger partial charge in [-0.05, 0) is 38.5 Å². The average Bonchev–Trinajstić information content (AvgIpc) is 2.73. The Kier molecular flexibility index (Phi) is 4.43. The first-order valence-electron chi connectivity index (χ1n) is 6.63. The molecule has 0 radical (unpaired) electrons. The number of sulfonamides is 1. The van der Waals surface area contributed by atoms with Gasteiger partial charge < -0.3 is 0 Å². The smallest absolute Gasteiger partial charge is 0.244 e. The molecule has 7 heteroatoms. The van der Waals surface area contributed by atoms with Crippen LogP contribution in [0.4, 0.5) is 4.39 Å². The lowest BCUT2D eigenvalue weighted by Gasteiger charge is -2.07. The highest BCUT2D eigenvalue weighted by Gasteiger charge is 2.23. The van der Waals surface area contributed by atoms with Gasteiger partial charge in [-0.25, -0.2) is 17.5 Å². The second kappa shape index (κ2) is 5.95. The van der Waals surface area contributed by atoms with Gasteiger partial charge in [0.05, 0.1) is 11.4 Å². The molecule has 0 bridgehead atoms. The van der Waals surface area contributed by atoms with Crippen LogP contribution in [0.25, 0.3) is 0 Å². The first-order chi connectivity index (χ1) is 9.85. The molecule has 0 aliphatic heterocycles. The molecule has 0 saturated carbocycles. The maximum Gasteiger partial charge on any atom is 0.244 e. The normalized spacial score (nSPS) is 11.8. The number of hydrogen-bond acceptors (Lipinski definition) is 3. The Labute approximate surface area is 123 Å². The maximum absolute atomic E-state index is 12.8. The van der Waals surface area contributed by atoms with Gasteiger partial charge in [0.1, 0.15) is 10.7 Å². The fourth-order valence-corrected chi connectivity index (χ4v) is 3.66. The third-order valence-corrected chi connectivity index (χ3v) is 4.92. The highest BCUT2D eigenvalue weighted by Crippen LogP contribution is 2.19. The molecule has 0 spiro atoms. The number of halogens is 1. The molecule has 21 heavy (non-hydrogen) atoms. The quantitative estimate of drug-likeness (QED) is 0.920. The van der Waals surface area contributed by atoms with Crippen LogP contribution < -0.4 is 4.72 Å². The predicted molar refractivity (Wildman–Crippen MR) is 77.8 cm³/mol. The molecular weight excluding hydrogens is 293 g/mol. The molecule has 0 aliphatic carbocycles. The molecule has 0 unspecified atom stereocenters. The summed E-state index contributed by atoms with van der Waals surface area (Å²) < 4.78 is 41.8. The molecular formula is C14H18FN3O2S. The largest absolute Gasteiger partial charge is 0.268 e. The van der Waals surface area contributed by atoms with Crippen LogP contribution in [0.15, 0.2) is 29.2 Å². The van der Waals surface area contributed by atoms with Crippen molar-refractivity contribution in [1.29, 1.82) is 0 Å². The molecule has 2 aromatic rings. The van der Waals surface area contributed by atoms with E-state index in [1.165, 1.54) is 12.1 Å². The van der Waals surface area contributed by atoms with Crippen molar-refractivity contribution in [3.8, 4) is 0 Å². The summed E-state index contributed by atoms with van der Waals surface area (Å²) in [5.74, 6) is -0.350. The second-order valence-electron chi connectivity index (χ2n) is 4.77. The number of aromatic nitrogens is 2. The minimum atomic E-state index is -3.65. The van der Waals surface area contributed by atoms with E-state index in [9.17, 15) is 12.8 Å². The van der Waals surface area contributed by atoms with Gasteiger partial charge in [0.15, 0.2) is 0 Å². The van der Waals surface area contributed by atoms with Crippen molar-refractivity contribution in [3.05, 3.63) is 47.0 Å². The van der Waals surface area contributed by atoms with E-state index in [1.54, 1.807) is 30.7 Å². The fraction of sp³-hybridized carbons (Fsp3) is 0.357. The summed E-state index contributed by atoms with van der Waals surface area (Å²) in [4.78, 5) is 0.214. The molecule has 0 atom stereocenters. The minimum absolute atomic E-state index is 0.110. The number of benzene rings is 1. The molecule has 0 amide bonds. The molecule has 2 rings (SSSR count). The van der Waals surface area contributed by atoms with Crippen LogP contribution in [0, 0.1) is 19.7 Å². The minimum Gasteiger partial charge on any atom is -0.268 e. The van der Waals surface area contributed by atoms with Crippen molar-refractivity contribution in [3.63, 3.8) is 0 Å². The Balaban J connectivity index is 2.23. The van der Waals surface area contributed by atoms with Crippen LogP contribution in [0.1, 0.15) is 23.9 Å². The molecule has 1 aromatic heterocycles. The molecule has 5 nitrogen and oxygen atoms in total. The monoisotopic (exact) mass is 311 g/mol. The van der Waals surface area contributed by atoms with Crippen LogP contribution in [-0.4, -0.2) is 18.2 Å². The third kappa shape index (κ3) is 3.30. The lowest BCUT2D eigenvalue weighted by molar-refractivity contribution is 0.578. The summed E-state index contributed by atoms with van der Waals surface area (Å²) in [6.45, 7) is 6.03. The van der Waals surface area contributed by atoms with Crippen LogP contribution in [0.3, 0.4) is 0 Å². The van der Waals surface area contributed by atoms with Crippen LogP contribution in [0.5, 0.6) is 0 Å². The number of hydrogen-bond donors (Lipinski definition) is 1. The van der Waals surface area contributed by atoms with Crippen molar-refractivity contribution >= 4 is 10.0 Å². The Hall–Kier alpha value is -1.73. The van der Waals surface area contributed by atoms with E-state index >= 15 is 0 Å². The molecule has 1 heterocycles. The molecule has 114 valence electrons. The summed E-state index contributed by atoms with van der Waals surface area (Å²) in [6.07, 6.45) is 0. The zero-order valence-corrected chi connectivity index (χ0v) is 13.0. The van der Waals surface area contributed by atoms with E-state index in [0.717, 1.165) is 0 Å². The topological polar surface area (TPSA) is 64.0 Å². The zero-order chi connectivity index (χ0) is 15.6. The van der Waals surface area contributed by atoms with Crippen LogP contribution >= 0.6 is 0 Å².